The van der Waals surface area contributed by atoms with Crippen molar-refractivity contribution in [3.8, 4) is 0 Å². The number of ether oxygens (including phenoxy) is 2. The third kappa shape index (κ3) is 2.43. The third-order valence-corrected chi connectivity index (χ3v) is 3.09. The Morgan fingerprint density at radius 3 is 2.33 bits per heavy atom. The van der Waals surface area contributed by atoms with Gasteiger partial charge in [0.25, 0.3) is 0 Å². The zero-order valence-electron chi connectivity index (χ0n) is 8.36. The molecule has 0 spiro atoms. The van der Waals surface area contributed by atoms with Crippen LogP contribution < -0.4 is 0 Å². The highest BCUT2D eigenvalue weighted by Crippen LogP contribution is 2.27. The minimum atomic E-state index is -1.48. The molecule has 0 aliphatic carbocycles. The van der Waals surface area contributed by atoms with Gasteiger partial charge in [-0.15, -0.1) is 11.8 Å². The predicted octanol–water partition coefficient (Wildman–Crippen LogP) is -1.67. The summed E-state index contributed by atoms with van der Waals surface area (Å²) in [7, 11) is 1.16. The number of esters is 1. The molecule has 6 nitrogen and oxygen atoms in total. The third-order valence-electron chi connectivity index (χ3n) is 2.24. The van der Waals surface area contributed by atoms with Gasteiger partial charge in [0.2, 0.25) is 0 Å². The molecule has 15 heavy (non-hydrogen) atoms. The number of hydrogen-bond acceptors (Lipinski definition) is 7. The fraction of sp³-hybridized carbons (Fsp3) is 0.875. The Hall–Kier alpha value is -0.340. The van der Waals surface area contributed by atoms with E-state index in [2.05, 4.69) is 4.74 Å². The van der Waals surface area contributed by atoms with Crippen molar-refractivity contribution in [2.24, 2.45) is 0 Å². The lowest BCUT2D eigenvalue weighted by atomic mass is 10.00. The summed E-state index contributed by atoms with van der Waals surface area (Å²) in [6.07, 6.45) is -3.72. The lowest BCUT2D eigenvalue weighted by Gasteiger charge is -2.38. The molecule has 3 N–H and O–H groups in total. The largest absolute Gasteiger partial charge is 0.467 e. The van der Waals surface area contributed by atoms with E-state index >= 15 is 0 Å². The molecular weight excluding hydrogens is 224 g/mol. The molecule has 0 bridgehead atoms. The molecule has 1 aliphatic rings. The quantitative estimate of drug-likeness (QED) is 0.495. The number of aliphatic hydroxyl groups excluding tert-OH is 3. The van der Waals surface area contributed by atoms with Crippen LogP contribution in [0.4, 0.5) is 0 Å². The fourth-order valence-corrected chi connectivity index (χ4v) is 2.02. The van der Waals surface area contributed by atoms with Crippen molar-refractivity contribution < 1.29 is 29.6 Å². The topological polar surface area (TPSA) is 96.2 Å². The zero-order valence-corrected chi connectivity index (χ0v) is 9.18. The van der Waals surface area contributed by atoms with Crippen molar-refractivity contribution in [1.82, 2.24) is 0 Å². The molecule has 0 aromatic rings. The summed E-state index contributed by atoms with van der Waals surface area (Å²) in [5, 5.41) is 28.4. The average molecular weight is 238 g/mol. The second kappa shape index (κ2) is 5.13. The van der Waals surface area contributed by atoms with Crippen LogP contribution in [0.3, 0.4) is 0 Å². The number of rotatable bonds is 2. The molecule has 1 saturated heterocycles. The molecule has 7 heteroatoms. The number of hydrogen-bond donors (Lipinski definition) is 3. The average Bonchev–Trinajstić information content (AvgIpc) is 2.25. The van der Waals surface area contributed by atoms with E-state index in [0.717, 1.165) is 18.9 Å². The van der Waals surface area contributed by atoms with E-state index in [4.69, 9.17) is 4.74 Å². The molecule has 1 aliphatic heterocycles. The molecule has 0 aromatic heterocycles. The van der Waals surface area contributed by atoms with E-state index in [-0.39, 0.29) is 0 Å². The first-order valence-corrected chi connectivity index (χ1v) is 5.62. The van der Waals surface area contributed by atoms with Gasteiger partial charge in [0.15, 0.2) is 6.10 Å². The number of carbonyl (C=O) groups is 1. The highest BCUT2D eigenvalue weighted by Gasteiger charge is 2.46. The smallest absolute Gasteiger partial charge is 0.337 e. The first-order valence-electron chi connectivity index (χ1n) is 4.33. The van der Waals surface area contributed by atoms with Gasteiger partial charge in [-0.1, -0.05) is 0 Å². The van der Waals surface area contributed by atoms with Crippen LogP contribution in [0, 0.1) is 0 Å². The molecule has 1 fully saturated rings. The van der Waals surface area contributed by atoms with Crippen LogP contribution in [0.1, 0.15) is 0 Å². The lowest BCUT2D eigenvalue weighted by Crippen LogP contribution is -2.58. The predicted molar refractivity (Wildman–Crippen MR) is 52.2 cm³/mol. The van der Waals surface area contributed by atoms with E-state index in [1.807, 2.05) is 0 Å². The summed E-state index contributed by atoms with van der Waals surface area (Å²) in [6, 6.07) is 0. The zero-order chi connectivity index (χ0) is 11.6. The van der Waals surface area contributed by atoms with E-state index in [1.165, 1.54) is 0 Å². The maximum Gasteiger partial charge on any atom is 0.337 e. The second-order valence-corrected chi connectivity index (χ2v) is 4.09. The molecule has 5 atom stereocenters. The summed E-state index contributed by atoms with van der Waals surface area (Å²) in [5.74, 6) is -0.771. The van der Waals surface area contributed by atoms with Crippen LogP contribution in [0.2, 0.25) is 0 Å². The van der Waals surface area contributed by atoms with Gasteiger partial charge < -0.3 is 24.8 Å². The van der Waals surface area contributed by atoms with Gasteiger partial charge in [-0.25, -0.2) is 4.79 Å². The van der Waals surface area contributed by atoms with Crippen molar-refractivity contribution in [2.45, 2.75) is 29.9 Å². The maximum absolute atomic E-state index is 11.2. The second-order valence-electron chi connectivity index (χ2n) is 3.16. The van der Waals surface area contributed by atoms with Crippen LogP contribution in [0.5, 0.6) is 0 Å². The van der Waals surface area contributed by atoms with Crippen molar-refractivity contribution >= 4 is 17.7 Å². The number of thioether (sulfide) groups is 1. The van der Waals surface area contributed by atoms with Gasteiger partial charge in [0.1, 0.15) is 23.7 Å². The van der Waals surface area contributed by atoms with E-state index < -0.39 is 35.8 Å². The van der Waals surface area contributed by atoms with Crippen LogP contribution in [-0.4, -0.2) is 64.5 Å². The van der Waals surface area contributed by atoms with Crippen molar-refractivity contribution in [3.05, 3.63) is 0 Å². The molecule has 0 radical (unpaired) electrons. The van der Waals surface area contributed by atoms with Crippen LogP contribution in [0.15, 0.2) is 0 Å². The van der Waals surface area contributed by atoms with Crippen LogP contribution in [-0.2, 0) is 14.3 Å². The van der Waals surface area contributed by atoms with Gasteiger partial charge in [-0.05, 0) is 6.26 Å². The number of aliphatic hydroxyl groups is 3. The summed E-state index contributed by atoms with van der Waals surface area (Å²) in [4.78, 5) is 11.2. The van der Waals surface area contributed by atoms with E-state index in [9.17, 15) is 20.1 Å². The monoisotopic (exact) mass is 238 g/mol. The molecule has 88 valence electrons. The molecular formula is C8H14O6S. The Balaban J connectivity index is 2.78. The molecule has 0 unspecified atom stereocenters. The highest BCUT2D eigenvalue weighted by atomic mass is 32.2. The number of carbonyl (C=O) groups excluding carboxylic acids is 1. The summed E-state index contributed by atoms with van der Waals surface area (Å²) < 4.78 is 9.52. The first kappa shape index (κ1) is 12.7. The minimum absolute atomic E-state index is 0.757. The van der Waals surface area contributed by atoms with Crippen molar-refractivity contribution in [2.75, 3.05) is 13.4 Å². The minimum Gasteiger partial charge on any atom is -0.467 e. The van der Waals surface area contributed by atoms with Gasteiger partial charge in [0, 0.05) is 0 Å². The van der Waals surface area contributed by atoms with Gasteiger partial charge in [-0.3, -0.25) is 0 Å². The van der Waals surface area contributed by atoms with Gasteiger partial charge in [-0.2, -0.15) is 0 Å². The lowest BCUT2D eigenvalue weighted by molar-refractivity contribution is -0.211. The SMILES string of the molecule is COC(=O)[C@@H]1O[C@H](SC)[C@@H](O)[C@H](O)[C@H]1O. The van der Waals surface area contributed by atoms with E-state index in [1.54, 1.807) is 6.26 Å². The standard InChI is InChI=1S/C8H14O6S/c1-13-7(12)6-4(10)3(9)5(11)8(14-6)15-2/h3-6,8-11H,1-2H3/t3-,4-,5+,6-,8-/m1/s1. The number of methoxy groups -OCH3 is 1. The van der Waals surface area contributed by atoms with Crippen LogP contribution in [0.25, 0.3) is 0 Å². The van der Waals surface area contributed by atoms with Crippen molar-refractivity contribution in [1.29, 1.82) is 0 Å². The van der Waals surface area contributed by atoms with Gasteiger partial charge in [0.05, 0.1) is 7.11 Å². The Morgan fingerprint density at radius 1 is 1.27 bits per heavy atom. The maximum atomic E-state index is 11.2. The summed E-state index contributed by atoms with van der Waals surface area (Å²) in [6.45, 7) is 0. The molecule has 0 amide bonds. The first-order chi connectivity index (χ1) is 7.02. The Morgan fingerprint density at radius 2 is 1.87 bits per heavy atom. The van der Waals surface area contributed by atoms with Gasteiger partial charge >= 0.3 is 5.97 Å². The highest BCUT2D eigenvalue weighted by molar-refractivity contribution is 7.99. The molecule has 0 aromatic carbocycles. The Labute approximate surface area is 91.2 Å². The van der Waals surface area contributed by atoms with Crippen molar-refractivity contribution in [3.63, 3.8) is 0 Å². The molecule has 1 heterocycles. The fourth-order valence-electron chi connectivity index (χ4n) is 1.35. The summed E-state index contributed by atoms with van der Waals surface area (Å²) >= 11 is 1.14. The molecule has 1 rings (SSSR count). The summed E-state index contributed by atoms with van der Waals surface area (Å²) in [5.41, 5.74) is -0.757. The Bertz CT molecular complexity index is 233. The molecule has 0 saturated carbocycles. The van der Waals surface area contributed by atoms with E-state index in [0.29, 0.717) is 0 Å². The normalized spacial score (nSPS) is 41.3. The van der Waals surface area contributed by atoms with Crippen LogP contribution >= 0.6 is 11.8 Å². The Kier molecular flexibility index (Phi) is 4.35.